The Morgan fingerprint density at radius 1 is 1.26 bits per heavy atom. The zero-order valence-corrected chi connectivity index (χ0v) is 11.3. The molecule has 2 rings (SSSR count). The van der Waals surface area contributed by atoms with Crippen molar-refractivity contribution in [1.82, 2.24) is 4.98 Å². The zero-order chi connectivity index (χ0) is 13.8. The molecule has 1 atom stereocenters. The summed E-state index contributed by atoms with van der Waals surface area (Å²) in [4.78, 5) is 15.0. The van der Waals surface area contributed by atoms with Crippen molar-refractivity contribution in [3.05, 3.63) is 68.8 Å². The molecule has 0 saturated heterocycles. The topological polar surface area (TPSA) is 42.3 Å². The van der Waals surface area contributed by atoms with Gasteiger partial charge in [0, 0.05) is 34.4 Å². The van der Waals surface area contributed by atoms with Crippen molar-refractivity contribution < 1.29 is 8.78 Å². The van der Waals surface area contributed by atoms with E-state index < -0.39 is 17.7 Å². The number of nitrogens with zero attached hydrogens (tertiary/aromatic N) is 2. The van der Waals surface area contributed by atoms with Gasteiger partial charge in [0.2, 0.25) is 0 Å². The average Bonchev–Trinajstić information content (AvgIpc) is 2.39. The predicted octanol–water partition coefficient (Wildman–Crippen LogP) is 4.17. The lowest BCUT2D eigenvalue weighted by Gasteiger charge is -2.10. The van der Waals surface area contributed by atoms with Crippen molar-refractivity contribution in [2.75, 3.05) is 0 Å². The molecule has 0 aliphatic heterocycles. The summed E-state index contributed by atoms with van der Waals surface area (Å²) in [5.74, 6) is -1.46. The molecule has 2 aromatic rings. The second-order valence-corrected chi connectivity index (χ2v) is 4.87. The Morgan fingerprint density at radius 3 is 2.63 bits per heavy atom. The van der Waals surface area contributed by atoms with Gasteiger partial charge in [-0.05, 0) is 34.1 Å². The Kier molecular flexibility index (Phi) is 4.31. The van der Waals surface area contributed by atoms with Crippen LogP contribution in [0.4, 0.5) is 8.78 Å². The highest BCUT2D eigenvalue weighted by molar-refractivity contribution is 9.10. The second kappa shape index (κ2) is 5.97. The van der Waals surface area contributed by atoms with Crippen molar-refractivity contribution >= 4 is 15.9 Å². The Hall–Kier alpha value is -1.69. The maximum Gasteiger partial charge on any atom is 0.131 e. The summed E-state index contributed by atoms with van der Waals surface area (Å²) in [6.07, 6.45) is 1.75. The molecular weight excluding hydrogens is 318 g/mol. The minimum absolute atomic E-state index is 0.0705. The molecule has 0 amide bonds. The number of benzene rings is 1. The van der Waals surface area contributed by atoms with E-state index in [1.54, 1.807) is 18.3 Å². The average molecular weight is 327 g/mol. The van der Waals surface area contributed by atoms with Gasteiger partial charge in [0.25, 0.3) is 0 Å². The molecule has 1 unspecified atom stereocenters. The van der Waals surface area contributed by atoms with Gasteiger partial charge in [0.05, 0.1) is 0 Å². The molecule has 0 bridgehead atoms. The SMILES string of the molecule is O=NC(Cc1ccc(Br)cn1)c1ccc(F)cc1F. The number of pyridine rings is 1. The van der Waals surface area contributed by atoms with Crippen LogP contribution in [0.2, 0.25) is 0 Å². The molecule has 1 aromatic heterocycles. The molecule has 0 fully saturated rings. The highest BCUT2D eigenvalue weighted by Crippen LogP contribution is 2.25. The van der Waals surface area contributed by atoms with E-state index in [1.165, 1.54) is 6.07 Å². The monoisotopic (exact) mass is 326 g/mol. The van der Waals surface area contributed by atoms with Crippen LogP contribution in [0, 0.1) is 16.5 Å². The third-order valence-corrected chi connectivity index (χ3v) is 3.11. The number of aromatic nitrogens is 1. The first-order valence-corrected chi connectivity index (χ1v) is 6.27. The fourth-order valence-corrected chi connectivity index (χ4v) is 1.94. The number of halogens is 3. The van der Waals surface area contributed by atoms with Crippen LogP contribution < -0.4 is 0 Å². The molecule has 19 heavy (non-hydrogen) atoms. The Morgan fingerprint density at radius 2 is 2.05 bits per heavy atom. The third-order valence-electron chi connectivity index (χ3n) is 2.64. The first-order valence-electron chi connectivity index (χ1n) is 5.48. The summed E-state index contributed by atoms with van der Waals surface area (Å²) in [5, 5.41) is 2.90. The summed E-state index contributed by atoms with van der Waals surface area (Å²) in [6.45, 7) is 0. The van der Waals surface area contributed by atoms with Crippen LogP contribution in [-0.2, 0) is 6.42 Å². The van der Waals surface area contributed by atoms with Gasteiger partial charge in [-0.1, -0.05) is 11.2 Å². The van der Waals surface area contributed by atoms with E-state index in [0.717, 1.165) is 16.6 Å². The molecular formula is C13H9BrF2N2O. The quantitative estimate of drug-likeness (QED) is 0.791. The summed E-state index contributed by atoms with van der Waals surface area (Å²) >= 11 is 3.24. The van der Waals surface area contributed by atoms with Crippen molar-refractivity contribution in [2.24, 2.45) is 5.18 Å². The van der Waals surface area contributed by atoms with Crippen LogP contribution in [0.15, 0.2) is 46.2 Å². The summed E-state index contributed by atoms with van der Waals surface area (Å²) in [6, 6.07) is 5.63. The molecule has 1 heterocycles. The van der Waals surface area contributed by atoms with E-state index in [4.69, 9.17) is 0 Å². The van der Waals surface area contributed by atoms with Gasteiger partial charge in [-0.15, -0.1) is 0 Å². The minimum Gasteiger partial charge on any atom is -0.260 e. The summed E-state index contributed by atoms with van der Waals surface area (Å²) in [7, 11) is 0. The lowest BCUT2D eigenvalue weighted by atomic mass is 10.0. The molecule has 0 aliphatic rings. The van der Waals surface area contributed by atoms with Crippen LogP contribution in [0.25, 0.3) is 0 Å². The molecule has 0 radical (unpaired) electrons. The van der Waals surface area contributed by atoms with Crippen LogP contribution in [0.1, 0.15) is 17.3 Å². The number of rotatable bonds is 4. The van der Waals surface area contributed by atoms with Crippen molar-refractivity contribution in [2.45, 2.75) is 12.5 Å². The van der Waals surface area contributed by atoms with Gasteiger partial charge in [0.15, 0.2) is 0 Å². The Labute approximate surface area is 116 Å². The first kappa shape index (κ1) is 13.7. The fourth-order valence-electron chi connectivity index (χ4n) is 1.70. The summed E-state index contributed by atoms with van der Waals surface area (Å²) < 4.78 is 27.2. The van der Waals surface area contributed by atoms with E-state index >= 15 is 0 Å². The van der Waals surface area contributed by atoms with E-state index in [2.05, 4.69) is 26.1 Å². The van der Waals surface area contributed by atoms with Gasteiger partial charge >= 0.3 is 0 Å². The van der Waals surface area contributed by atoms with Crippen molar-refractivity contribution in [3.63, 3.8) is 0 Å². The van der Waals surface area contributed by atoms with E-state index in [1.807, 2.05) is 0 Å². The Bertz CT molecular complexity index is 590. The van der Waals surface area contributed by atoms with Crippen LogP contribution in [0.3, 0.4) is 0 Å². The third kappa shape index (κ3) is 3.41. The highest BCUT2D eigenvalue weighted by atomic mass is 79.9. The Balaban J connectivity index is 2.25. The molecule has 98 valence electrons. The predicted molar refractivity (Wildman–Crippen MR) is 70.5 cm³/mol. The molecule has 6 heteroatoms. The first-order chi connectivity index (χ1) is 9.10. The number of nitroso groups, excluding NO2 is 1. The normalized spacial score (nSPS) is 12.2. The van der Waals surface area contributed by atoms with E-state index in [-0.39, 0.29) is 12.0 Å². The zero-order valence-electron chi connectivity index (χ0n) is 9.69. The minimum atomic E-state index is -0.922. The van der Waals surface area contributed by atoms with Gasteiger partial charge in [-0.3, -0.25) is 4.98 Å². The van der Waals surface area contributed by atoms with Gasteiger partial charge in [-0.25, -0.2) is 8.78 Å². The number of hydrogen-bond donors (Lipinski definition) is 0. The van der Waals surface area contributed by atoms with Crippen LogP contribution >= 0.6 is 15.9 Å². The molecule has 0 saturated carbocycles. The van der Waals surface area contributed by atoms with Gasteiger partial charge in [0.1, 0.15) is 17.7 Å². The molecule has 0 spiro atoms. The van der Waals surface area contributed by atoms with E-state index in [0.29, 0.717) is 5.69 Å². The molecule has 1 aromatic carbocycles. The standard InChI is InChI=1S/C13H9BrF2N2O/c14-8-1-3-10(17-7-8)6-13(18-19)11-4-2-9(15)5-12(11)16/h1-5,7,13H,6H2. The van der Waals surface area contributed by atoms with Crippen LogP contribution in [0.5, 0.6) is 0 Å². The van der Waals surface area contributed by atoms with E-state index in [9.17, 15) is 13.7 Å². The maximum atomic E-state index is 13.6. The fraction of sp³-hybridized carbons (Fsp3) is 0.154. The number of hydrogen-bond acceptors (Lipinski definition) is 3. The largest absolute Gasteiger partial charge is 0.260 e. The smallest absolute Gasteiger partial charge is 0.131 e. The van der Waals surface area contributed by atoms with Gasteiger partial charge in [-0.2, -0.15) is 4.91 Å². The lowest BCUT2D eigenvalue weighted by molar-refractivity contribution is 0.552. The van der Waals surface area contributed by atoms with Crippen molar-refractivity contribution in [1.29, 1.82) is 0 Å². The molecule has 3 nitrogen and oxygen atoms in total. The molecule has 0 aliphatic carbocycles. The lowest BCUT2D eigenvalue weighted by Crippen LogP contribution is -2.04. The second-order valence-electron chi connectivity index (χ2n) is 3.96. The van der Waals surface area contributed by atoms with Crippen molar-refractivity contribution in [3.8, 4) is 0 Å². The maximum absolute atomic E-state index is 13.6. The van der Waals surface area contributed by atoms with Crippen LogP contribution in [-0.4, -0.2) is 4.98 Å². The molecule has 0 N–H and O–H groups in total. The highest BCUT2D eigenvalue weighted by Gasteiger charge is 2.18. The summed E-state index contributed by atoms with van der Waals surface area (Å²) in [5.41, 5.74) is 0.678. The van der Waals surface area contributed by atoms with Gasteiger partial charge < -0.3 is 0 Å².